The molecule has 1 aromatic rings. The second-order valence-corrected chi connectivity index (χ2v) is 4.36. The molecule has 15 heavy (non-hydrogen) atoms. The zero-order valence-electron chi connectivity index (χ0n) is 9.49. The van der Waals surface area contributed by atoms with Gasteiger partial charge in [-0.25, -0.2) is 0 Å². The quantitative estimate of drug-likeness (QED) is 0.818. The Balaban J connectivity index is 1.94. The molecule has 2 atom stereocenters. The standard InChI is InChI=1S/C13H19NO/c1-10-3-5-12(6-4-10)11(2)14-13-7-8-15-9-13/h3-6,11,13-14H,7-9H2,1-2H3/t11-,13?/m0/s1. The first-order chi connectivity index (χ1) is 7.25. The number of hydrogen-bond donors (Lipinski definition) is 1. The van der Waals surface area contributed by atoms with E-state index in [1.807, 2.05) is 0 Å². The van der Waals surface area contributed by atoms with Gasteiger partial charge in [-0.3, -0.25) is 0 Å². The summed E-state index contributed by atoms with van der Waals surface area (Å²) in [6.07, 6.45) is 1.14. The Morgan fingerprint density at radius 2 is 2.07 bits per heavy atom. The predicted molar refractivity (Wildman–Crippen MR) is 62.0 cm³/mol. The molecule has 1 N–H and O–H groups in total. The summed E-state index contributed by atoms with van der Waals surface area (Å²) in [4.78, 5) is 0. The summed E-state index contributed by atoms with van der Waals surface area (Å²) in [6.45, 7) is 6.09. The van der Waals surface area contributed by atoms with Crippen molar-refractivity contribution in [1.82, 2.24) is 5.32 Å². The maximum Gasteiger partial charge on any atom is 0.0620 e. The number of rotatable bonds is 3. The third-order valence-corrected chi connectivity index (χ3v) is 2.99. The van der Waals surface area contributed by atoms with Crippen molar-refractivity contribution in [2.24, 2.45) is 0 Å². The van der Waals surface area contributed by atoms with Gasteiger partial charge in [0.15, 0.2) is 0 Å². The largest absolute Gasteiger partial charge is 0.380 e. The summed E-state index contributed by atoms with van der Waals surface area (Å²) in [6, 6.07) is 9.67. The molecule has 0 saturated carbocycles. The third kappa shape index (κ3) is 2.80. The fourth-order valence-electron chi connectivity index (χ4n) is 1.97. The lowest BCUT2D eigenvalue weighted by molar-refractivity contribution is 0.188. The fourth-order valence-corrected chi connectivity index (χ4v) is 1.97. The zero-order valence-corrected chi connectivity index (χ0v) is 9.49. The molecule has 0 aliphatic carbocycles. The molecule has 1 aliphatic heterocycles. The Kier molecular flexibility index (Phi) is 3.39. The molecule has 2 heteroatoms. The van der Waals surface area contributed by atoms with Gasteiger partial charge in [-0.15, -0.1) is 0 Å². The highest BCUT2D eigenvalue weighted by molar-refractivity contribution is 5.23. The van der Waals surface area contributed by atoms with Crippen LogP contribution in [0.15, 0.2) is 24.3 Å². The average Bonchev–Trinajstić information content (AvgIpc) is 2.71. The molecule has 1 unspecified atom stereocenters. The highest BCUT2D eigenvalue weighted by Gasteiger charge is 2.17. The summed E-state index contributed by atoms with van der Waals surface area (Å²) in [5, 5.41) is 3.59. The summed E-state index contributed by atoms with van der Waals surface area (Å²) in [5.41, 5.74) is 2.67. The summed E-state index contributed by atoms with van der Waals surface area (Å²) < 4.78 is 5.35. The number of aryl methyl sites for hydroxylation is 1. The van der Waals surface area contributed by atoms with E-state index in [9.17, 15) is 0 Å². The van der Waals surface area contributed by atoms with Crippen LogP contribution in [-0.2, 0) is 4.74 Å². The van der Waals surface area contributed by atoms with E-state index in [2.05, 4.69) is 43.4 Å². The van der Waals surface area contributed by atoms with Crippen LogP contribution < -0.4 is 5.32 Å². The van der Waals surface area contributed by atoms with Crippen LogP contribution in [0.4, 0.5) is 0 Å². The van der Waals surface area contributed by atoms with E-state index in [0.717, 1.165) is 19.6 Å². The second kappa shape index (κ2) is 4.77. The van der Waals surface area contributed by atoms with Gasteiger partial charge in [0.25, 0.3) is 0 Å². The Bertz CT molecular complexity index is 301. The van der Waals surface area contributed by atoms with Gasteiger partial charge in [0.2, 0.25) is 0 Å². The fraction of sp³-hybridized carbons (Fsp3) is 0.538. The lowest BCUT2D eigenvalue weighted by Gasteiger charge is -2.18. The van der Waals surface area contributed by atoms with Crippen molar-refractivity contribution < 1.29 is 4.74 Å². The van der Waals surface area contributed by atoms with Crippen LogP contribution in [-0.4, -0.2) is 19.3 Å². The molecular weight excluding hydrogens is 186 g/mol. The van der Waals surface area contributed by atoms with Crippen molar-refractivity contribution in [2.45, 2.75) is 32.4 Å². The van der Waals surface area contributed by atoms with Gasteiger partial charge in [-0.05, 0) is 25.8 Å². The molecular formula is C13H19NO. The van der Waals surface area contributed by atoms with E-state index in [1.54, 1.807) is 0 Å². The third-order valence-electron chi connectivity index (χ3n) is 2.99. The number of nitrogens with one attached hydrogen (secondary N) is 1. The van der Waals surface area contributed by atoms with Crippen LogP contribution in [0.25, 0.3) is 0 Å². The molecule has 2 nitrogen and oxygen atoms in total. The predicted octanol–water partition coefficient (Wildman–Crippen LogP) is 2.43. The van der Waals surface area contributed by atoms with Crippen molar-refractivity contribution in [3.05, 3.63) is 35.4 Å². The maximum atomic E-state index is 5.35. The lowest BCUT2D eigenvalue weighted by Crippen LogP contribution is -2.31. The second-order valence-electron chi connectivity index (χ2n) is 4.36. The van der Waals surface area contributed by atoms with Gasteiger partial charge < -0.3 is 10.1 Å². The Morgan fingerprint density at radius 1 is 1.33 bits per heavy atom. The van der Waals surface area contributed by atoms with E-state index in [-0.39, 0.29) is 0 Å². The molecule has 1 fully saturated rings. The lowest BCUT2D eigenvalue weighted by atomic mass is 10.1. The molecule has 1 aromatic carbocycles. The monoisotopic (exact) mass is 205 g/mol. The summed E-state index contributed by atoms with van der Waals surface area (Å²) >= 11 is 0. The zero-order chi connectivity index (χ0) is 10.7. The normalized spacial score (nSPS) is 22.9. The minimum atomic E-state index is 0.414. The smallest absolute Gasteiger partial charge is 0.0620 e. The first-order valence-corrected chi connectivity index (χ1v) is 5.66. The van der Waals surface area contributed by atoms with Crippen LogP contribution in [0.1, 0.15) is 30.5 Å². The van der Waals surface area contributed by atoms with E-state index in [4.69, 9.17) is 4.74 Å². The molecule has 0 aromatic heterocycles. The number of benzene rings is 1. The topological polar surface area (TPSA) is 21.3 Å². The van der Waals surface area contributed by atoms with Crippen molar-refractivity contribution >= 4 is 0 Å². The van der Waals surface area contributed by atoms with Crippen LogP contribution >= 0.6 is 0 Å². The molecule has 0 bridgehead atoms. The van der Waals surface area contributed by atoms with Crippen LogP contribution in [0.3, 0.4) is 0 Å². The molecule has 0 amide bonds. The van der Waals surface area contributed by atoms with Gasteiger partial charge in [0, 0.05) is 18.7 Å². The van der Waals surface area contributed by atoms with Gasteiger partial charge in [-0.1, -0.05) is 29.8 Å². The molecule has 0 radical (unpaired) electrons. The Hall–Kier alpha value is -0.860. The molecule has 1 aliphatic rings. The summed E-state index contributed by atoms with van der Waals surface area (Å²) in [5.74, 6) is 0. The number of ether oxygens (including phenoxy) is 1. The Morgan fingerprint density at radius 3 is 2.67 bits per heavy atom. The highest BCUT2D eigenvalue weighted by Crippen LogP contribution is 2.16. The molecule has 1 saturated heterocycles. The van der Waals surface area contributed by atoms with Crippen LogP contribution in [0.2, 0.25) is 0 Å². The Labute approximate surface area is 91.6 Å². The first kappa shape index (κ1) is 10.7. The average molecular weight is 205 g/mol. The van der Waals surface area contributed by atoms with Gasteiger partial charge in [0.1, 0.15) is 0 Å². The van der Waals surface area contributed by atoms with Crippen molar-refractivity contribution in [1.29, 1.82) is 0 Å². The van der Waals surface area contributed by atoms with Gasteiger partial charge in [-0.2, -0.15) is 0 Å². The molecule has 82 valence electrons. The SMILES string of the molecule is Cc1ccc([C@H](C)NC2CCOC2)cc1. The van der Waals surface area contributed by atoms with Crippen LogP contribution in [0, 0.1) is 6.92 Å². The maximum absolute atomic E-state index is 5.35. The highest BCUT2D eigenvalue weighted by atomic mass is 16.5. The van der Waals surface area contributed by atoms with E-state index in [0.29, 0.717) is 12.1 Å². The van der Waals surface area contributed by atoms with Crippen molar-refractivity contribution in [2.75, 3.05) is 13.2 Å². The summed E-state index contributed by atoms with van der Waals surface area (Å²) in [7, 11) is 0. The van der Waals surface area contributed by atoms with Crippen molar-refractivity contribution in [3.63, 3.8) is 0 Å². The molecule has 1 heterocycles. The molecule has 0 spiro atoms. The van der Waals surface area contributed by atoms with E-state index >= 15 is 0 Å². The van der Waals surface area contributed by atoms with Crippen molar-refractivity contribution in [3.8, 4) is 0 Å². The number of hydrogen-bond acceptors (Lipinski definition) is 2. The van der Waals surface area contributed by atoms with Gasteiger partial charge in [0.05, 0.1) is 6.61 Å². The molecule has 2 rings (SSSR count). The van der Waals surface area contributed by atoms with E-state index < -0.39 is 0 Å². The van der Waals surface area contributed by atoms with E-state index in [1.165, 1.54) is 11.1 Å². The minimum absolute atomic E-state index is 0.414. The first-order valence-electron chi connectivity index (χ1n) is 5.66. The van der Waals surface area contributed by atoms with Gasteiger partial charge >= 0.3 is 0 Å². The minimum Gasteiger partial charge on any atom is -0.380 e. The van der Waals surface area contributed by atoms with Crippen LogP contribution in [0.5, 0.6) is 0 Å².